The van der Waals surface area contributed by atoms with Crippen LogP contribution in [0, 0.1) is 0 Å². The number of anilines is 1. The van der Waals surface area contributed by atoms with Crippen LogP contribution in [-0.2, 0) is 4.74 Å². The first kappa shape index (κ1) is 16.4. The van der Waals surface area contributed by atoms with E-state index in [4.69, 9.17) is 4.74 Å². The summed E-state index contributed by atoms with van der Waals surface area (Å²) in [5.41, 5.74) is 0.358. The zero-order chi connectivity index (χ0) is 15.0. The van der Waals surface area contributed by atoms with Crippen molar-refractivity contribution in [2.75, 3.05) is 32.1 Å². The molecule has 1 heterocycles. The van der Waals surface area contributed by atoms with Gasteiger partial charge in [0.25, 0.3) is 5.91 Å². The molecule has 0 aliphatic rings. The van der Waals surface area contributed by atoms with Crippen LogP contribution in [0.25, 0.3) is 0 Å². The molecule has 6 nitrogen and oxygen atoms in total. The Morgan fingerprint density at radius 2 is 2.15 bits per heavy atom. The van der Waals surface area contributed by atoms with Crippen LogP contribution in [0.5, 0.6) is 0 Å². The fourth-order valence-electron chi connectivity index (χ4n) is 1.72. The number of amides is 1. The first-order chi connectivity index (χ1) is 9.60. The molecular formula is C14H24N4O2. The molecule has 0 spiro atoms. The van der Waals surface area contributed by atoms with Crippen molar-refractivity contribution in [3.05, 3.63) is 17.8 Å². The summed E-state index contributed by atoms with van der Waals surface area (Å²) in [7, 11) is 1.62. The van der Waals surface area contributed by atoms with Gasteiger partial charge in [-0.05, 0) is 32.4 Å². The molecule has 1 rings (SSSR count). The third kappa shape index (κ3) is 4.77. The fourth-order valence-corrected chi connectivity index (χ4v) is 1.72. The lowest BCUT2D eigenvalue weighted by Gasteiger charge is -2.25. The zero-order valence-corrected chi connectivity index (χ0v) is 12.7. The van der Waals surface area contributed by atoms with Crippen LogP contribution in [0.3, 0.4) is 0 Å². The zero-order valence-electron chi connectivity index (χ0n) is 12.7. The summed E-state index contributed by atoms with van der Waals surface area (Å²) in [4.78, 5) is 14.1. The summed E-state index contributed by atoms with van der Waals surface area (Å²) >= 11 is 0. The maximum atomic E-state index is 12.4. The summed E-state index contributed by atoms with van der Waals surface area (Å²) in [5, 5.41) is 11.1. The Kier molecular flexibility index (Phi) is 6.93. The van der Waals surface area contributed by atoms with Gasteiger partial charge in [-0.15, -0.1) is 10.2 Å². The largest absolute Gasteiger partial charge is 0.383 e. The monoisotopic (exact) mass is 280 g/mol. The summed E-state index contributed by atoms with van der Waals surface area (Å²) in [5.74, 6) is 0.572. The number of hydrogen-bond acceptors (Lipinski definition) is 5. The van der Waals surface area contributed by atoms with E-state index < -0.39 is 0 Å². The predicted octanol–water partition coefficient (Wildman–Crippen LogP) is 1.80. The molecule has 0 fully saturated rings. The quantitative estimate of drug-likeness (QED) is 0.786. The van der Waals surface area contributed by atoms with E-state index in [9.17, 15) is 4.79 Å². The third-order valence-electron chi connectivity index (χ3n) is 2.86. The molecule has 0 radical (unpaired) electrons. The van der Waals surface area contributed by atoms with Crippen LogP contribution >= 0.6 is 0 Å². The van der Waals surface area contributed by atoms with Gasteiger partial charge in [-0.1, -0.05) is 6.92 Å². The van der Waals surface area contributed by atoms with Gasteiger partial charge in [0, 0.05) is 26.2 Å². The third-order valence-corrected chi connectivity index (χ3v) is 2.86. The van der Waals surface area contributed by atoms with Gasteiger partial charge in [-0.3, -0.25) is 4.79 Å². The first-order valence-electron chi connectivity index (χ1n) is 6.97. The van der Waals surface area contributed by atoms with Gasteiger partial charge in [-0.25, -0.2) is 0 Å². The Bertz CT molecular complexity index is 406. The van der Waals surface area contributed by atoms with Gasteiger partial charge in [0.05, 0.1) is 6.61 Å². The molecule has 0 aromatic carbocycles. The van der Waals surface area contributed by atoms with E-state index in [1.807, 2.05) is 13.8 Å². The van der Waals surface area contributed by atoms with Crippen LogP contribution in [0.1, 0.15) is 37.7 Å². The predicted molar refractivity (Wildman–Crippen MR) is 78.9 cm³/mol. The Morgan fingerprint density at radius 1 is 1.40 bits per heavy atom. The normalized spacial score (nSPS) is 10.7. The number of carbonyl (C=O) groups is 1. The van der Waals surface area contributed by atoms with Crippen molar-refractivity contribution in [1.82, 2.24) is 15.1 Å². The number of rotatable bonds is 8. The van der Waals surface area contributed by atoms with Gasteiger partial charge < -0.3 is 15.0 Å². The minimum absolute atomic E-state index is 0.0948. The van der Waals surface area contributed by atoms with E-state index in [2.05, 4.69) is 22.4 Å². The van der Waals surface area contributed by atoms with Gasteiger partial charge in [-0.2, -0.15) is 0 Å². The number of nitrogens with one attached hydrogen (secondary N) is 1. The van der Waals surface area contributed by atoms with Crippen molar-refractivity contribution < 1.29 is 9.53 Å². The van der Waals surface area contributed by atoms with Crippen molar-refractivity contribution in [2.24, 2.45) is 0 Å². The van der Waals surface area contributed by atoms with E-state index >= 15 is 0 Å². The molecule has 1 amide bonds. The Morgan fingerprint density at radius 3 is 2.65 bits per heavy atom. The molecule has 112 valence electrons. The highest BCUT2D eigenvalue weighted by Gasteiger charge is 2.19. The highest BCUT2D eigenvalue weighted by atomic mass is 16.5. The summed E-state index contributed by atoms with van der Waals surface area (Å²) in [6.07, 6.45) is 1.01. The maximum Gasteiger partial charge on any atom is 0.274 e. The first-order valence-corrected chi connectivity index (χ1v) is 6.97. The Balaban J connectivity index is 2.73. The Labute approximate surface area is 120 Å². The minimum Gasteiger partial charge on any atom is -0.383 e. The van der Waals surface area contributed by atoms with Gasteiger partial charge in [0.2, 0.25) is 0 Å². The van der Waals surface area contributed by atoms with E-state index in [0.29, 0.717) is 24.7 Å². The molecule has 1 aromatic heterocycles. The van der Waals surface area contributed by atoms with Crippen LogP contribution in [0.15, 0.2) is 12.1 Å². The Hall–Kier alpha value is -1.69. The molecule has 0 atom stereocenters. The molecule has 1 aromatic rings. The summed E-state index contributed by atoms with van der Waals surface area (Å²) in [6.45, 7) is 7.91. The van der Waals surface area contributed by atoms with Crippen molar-refractivity contribution in [1.29, 1.82) is 0 Å². The number of aromatic nitrogens is 2. The van der Waals surface area contributed by atoms with Crippen LogP contribution < -0.4 is 5.32 Å². The highest BCUT2D eigenvalue weighted by molar-refractivity contribution is 5.92. The molecule has 0 unspecified atom stereocenters. The van der Waals surface area contributed by atoms with Gasteiger partial charge in [0.15, 0.2) is 5.69 Å². The highest BCUT2D eigenvalue weighted by Crippen LogP contribution is 2.08. The SMILES string of the molecule is CCCNc1ccc(C(=O)N(CCOC)C(C)C)nn1. The smallest absolute Gasteiger partial charge is 0.274 e. The lowest BCUT2D eigenvalue weighted by Crippen LogP contribution is -2.39. The van der Waals surface area contributed by atoms with Gasteiger partial charge >= 0.3 is 0 Å². The van der Waals surface area contributed by atoms with Gasteiger partial charge in [0.1, 0.15) is 5.82 Å². The van der Waals surface area contributed by atoms with E-state index in [-0.39, 0.29) is 11.9 Å². The maximum absolute atomic E-state index is 12.4. The number of methoxy groups -OCH3 is 1. The molecule has 0 saturated carbocycles. The number of nitrogens with zero attached hydrogens (tertiary/aromatic N) is 3. The van der Waals surface area contributed by atoms with Crippen LogP contribution in [0.2, 0.25) is 0 Å². The molecule has 0 bridgehead atoms. The van der Waals surface area contributed by atoms with Crippen LogP contribution in [-0.4, -0.2) is 53.9 Å². The number of hydrogen-bond donors (Lipinski definition) is 1. The molecule has 0 aliphatic heterocycles. The van der Waals surface area contributed by atoms with Crippen molar-refractivity contribution in [2.45, 2.75) is 33.2 Å². The standard InChI is InChI=1S/C14H24N4O2/c1-5-8-15-13-7-6-12(16-17-13)14(19)18(11(2)3)9-10-20-4/h6-7,11H,5,8-10H2,1-4H3,(H,15,17). The second kappa shape index (κ2) is 8.47. The van der Waals surface area contributed by atoms with Crippen LogP contribution in [0.4, 0.5) is 5.82 Å². The van der Waals surface area contributed by atoms with Crippen molar-refractivity contribution in [3.8, 4) is 0 Å². The lowest BCUT2D eigenvalue weighted by molar-refractivity contribution is 0.0628. The second-order valence-electron chi connectivity index (χ2n) is 4.82. The molecule has 20 heavy (non-hydrogen) atoms. The molecular weight excluding hydrogens is 256 g/mol. The molecule has 0 saturated heterocycles. The van der Waals surface area contributed by atoms with E-state index in [1.54, 1.807) is 24.1 Å². The minimum atomic E-state index is -0.119. The molecule has 1 N–H and O–H groups in total. The van der Waals surface area contributed by atoms with Crippen molar-refractivity contribution >= 4 is 11.7 Å². The second-order valence-corrected chi connectivity index (χ2v) is 4.82. The molecule has 0 aliphatic carbocycles. The topological polar surface area (TPSA) is 67.4 Å². The lowest BCUT2D eigenvalue weighted by atomic mass is 10.2. The van der Waals surface area contributed by atoms with E-state index in [0.717, 1.165) is 13.0 Å². The fraction of sp³-hybridized carbons (Fsp3) is 0.643. The number of carbonyl (C=O) groups excluding carboxylic acids is 1. The average Bonchev–Trinajstić information content (AvgIpc) is 2.45. The molecule has 6 heteroatoms. The number of ether oxygens (including phenoxy) is 1. The van der Waals surface area contributed by atoms with Crippen molar-refractivity contribution in [3.63, 3.8) is 0 Å². The summed E-state index contributed by atoms with van der Waals surface area (Å²) < 4.78 is 5.03. The summed E-state index contributed by atoms with van der Waals surface area (Å²) in [6, 6.07) is 3.58. The van der Waals surface area contributed by atoms with E-state index in [1.165, 1.54) is 0 Å². The average molecular weight is 280 g/mol.